The Bertz CT molecular complexity index is 1300. The van der Waals surface area contributed by atoms with Crippen LogP contribution in [0.1, 0.15) is 74.3 Å². The summed E-state index contributed by atoms with van der Waals surface area (Å²) in [6, 6.07) is 10.1. The van der Waals surface area contributed by atoms with Gasteiger partial charge in [0.2, 0.25) is 5.91 Å². The van der Waals surface area contributed by atoms with Gasteiger partial charge in [0.15, 0.2) is 0 Å². The van der Waals surface area contributed by atoms with Crippen molar-refractivity contribution in [1.82, 2.24) is 10.2 Å². The quantitative estimate of drug-likeness (QED) is 0.367. The fourth-order valence-electron chi connectivity index (χ4n) is 7.39. The summed E-state index contributed by atoms with van der Waals surface area (Å²) in [6.45, 7) is 7.59. The summed E-state index contributed by atoms with van der Waals surface area (Å²) < 4.78 is 79.8. The number of rotatable bonds is 5. The Balaban J connectivity index is 1.28. The minimum absolute atomic E-state index is 0.0123. The van der Waals surface area contributed by atoms with E-state index >= 15 is 0 Å². The zero-order valence-electron chi connectivity index (χ0n) is 23.5. The normalized spacial score (nSPS) is 28.4. The van der Waals surface area contributed by atoms with E-state index in [-0.39, 0.29) is 34.9 Å². The average Bonchev–Trinajstić information content (AvgIpc) is 3.52. The minimum Gasteiger partial charge on any atom is -0.352 e. The number of fused-ring (bicyclic) bond motifs is 2. The molecular weight excluding hydrogens is 542 g/mol. The standard InChI is InChI=1S/C32H36F6N2O/c1-20(2)30(28(41)39-18-22-14-24(31(33,34)35)16-25(15-22)32(36,37)38)11-9-26(17-30)40-13-12-29(21(3)19-40)10-8-23-6-4-5-7-27(23)29/h4-8,10,14-16,20-21,26H,9,11-13,17-19H2,1-3H3,(H,39,41)/t21-,26?,29-,30?/m0/s1. The van der Waals surface area contributed by atoms with Crippen molar-refractivity contribution in [1.29, 1.82) is 0 Å². The van der Waals surface area contributed by atoms with Crippen LogP contribution in [0.3, 0.4) is 0 Å². The molecule has 1 N–H and O–H groups in total. The van der Waals surface area contributed by atoms with Crippen molar-refractivity contribution < 1.29 is 31.1 Å². The van der Waals surface area contributed by atoms with Gasteiger partial charge in [0, 0.05) is 24.5 Å². The topological polar surface area (TPSA) is 32.3 Å². The predicted octanol–water partition coefficient (Wildman–Crippen LogP) is 7.84. The van der Waals surface area contributed by atoms with Crippen molar-refractivity contribution in [2.75, 3.05) is 13.1 Å². The summed E-state index contributed by atoms with van der Waals surface area (Å²) in [5, 5.41) is 2.70. The average molecular weight is 579 g/mol. The van der Waals surface area contributed by atoms with Crippen LogP contribution in [0.25, 0.3) is 6.08 Å². The molecule has 41 heavy (non-hydrogen) atoms. The largest absolute Gasteiger partial charge is 0.416 e. The third kappa shape index (κ3) is 5.42. The molecule has 0 radical (unpaired) electrons. The zero-order valence-corrected chi connectivity index (χ0v) is 23.5. The van der Waals surface area contributed by atoms with E-state index in [0.717, 1.165) is 25.9 Å². The SMILES string of the molecule is CC(C)C1(C(=O)NCc2cc(C(F)(F)F)cc(C(F)(F)F)c2)CCC(N2CC[C@@]3(C=Cc4ccccc43)[C@@H](C)C2)C1. The summed E-state index contributed by atoms with van der Waals surface area (Å²) in [6.07, 6.45) is -2.27. The van der Waals surface area contributed by atoms with Crippen LogP contribution in [0.4, 0.5) is 26.3 Å². The van der Waals surface area contributed by atoms with E-state index in [4.69, 9.17) is 0 Å². The first kappa shape index (κ1) is 29.7. The molecule has 0 bridgehead atoms. The third-order valence-electron chi connectivity index (χ3n) is 9.92. The number of piperidine rings is 1. The molecule has 1 heterocycles. The molecule has 1 amide bonds. The molecule has 0 aromatic heterocycles. The Kier molecular flexibility index (Phi) is 7.58. The number of likely N-dealkylation sites (tertiary alicyclic amines) is 1. The number of carbonyl (C=O) groups excluding carboxylic acids is 1. The van der Waals surface area contributed by atoms with Gasteiger partial charge in [0.25, 0.3) is 0 Å². The van der Waals surface area contributed by atoms with Crippen LogP contribution < -0.4 is 5.32 Å². The first-order valence-corrected chi connectivity index (χ1v) is 14.3. The number of amides is 1. The smallest absolute Gasteiger partial charge is 0.352 e. The monoisotopic (exact) mass is 578 g/mol. The zero-order chi connectivity index (χ0) is 29.8. The number of allylic oxidation sites excluding steroid dienone is 1. The summed E-state index contributed by atoms with van der Waals surface area (Å²) in [5.41, 5.74) is -1.07. The molecule has 2 fully saturated rings. The van der Waals surface area contributed by atoms with Crippen LogP contribution in [0.15, 0.2) is 48.5 Å². The van der Waals surface area contributed by atoms with Gasteiger partial charge in [-0.15, -0.1) is 0 Å². The molecule has 2 unspecified atom stereocenters. The van der Waals surface area contributed by atoms with E-state index in [1.165, 1.54) is 11.1 Å². The molecule has 5 rings (SSSR count). The van der Waals surface area contributed by atoms with Crippen LogP contribution in [0.2, 0.25) is 0 Å². The number of benzene rings is 2. The second kappa shape index (κ2) is 10.5. The van der Waals surface area contributed by atoms with Crippen molar-refractivity contribution in [2.24, 2.45) is 17.3 Å². The molecule has 1 saturated carbocycles. The van der Waals surface area contributed by atoms with Gasteiger partial charge in [-0.25, -0.2) is 0 Å². The highest BCUT2D eigenvalue weighted by Crippen LogP contribution is 2.51. The Hall–Kier alpha value is -2.81. The summed E-state index contributed by atoms with van der Waals surface area (Å²) in [4.78, 5) is 16.1. The molecule has 2 aromatic carbocycles. The Labute approximate surface area is 237 Å². The fraction of sp³-hybridized carbons (Fsp3) is 0.531. The van der Waals surface area contributed by atoms with Crippen molar-refractivity contribution in [3.8, 4) is 0 Å². The lowest BCUT2D eigenvalue weighted by molar-refractivity contribution is -0.143. The molecule has 4 atom stereocenters. The van der Waals surface area contributed by atoms with Crippen LogP contribution in [-0.2, 0) is 29.1 Å². The first-order valence-electron chi connectivity index (χ1n) is 14.3. The lowest BCUT2D eigenvalue weighted by Gasteiger charge is -2.47. The second-order valence-electron chi connectivity index (χ2n) is 12.4. The van der Waals surface area contributed by atoms with E-state index in [1.54, 1.807) is 0 Å². The maximum absolute atomic E-state index is 13.6. The molecule has 1 saturated heterocycles. The van der Waals surface area contributed by atoms with Crippen molar-refractivity contribution >= 4 is 12.0 Å². The second-order valence-corrected chi connectivity index (χ2v) is 12.4. The molecule has 1 aliphatic heterocycles. The highest BCUT2D eigenvalue weighted by atomic mass is 19.4. The van der Waals surface area contributed by atoms with E-state index in [0.29, 0.717) is 30.9 Å². The minimum atomic E-state index is -4.93. The molecular formula is C32H36F6N2O. The first-order chi connectivity index (χ1) is 19.2. The third-order valence-corrected chi connectivity index (χ3v) is 9.92. The Morgan fingerprint density at radius 3 is 2.29 bits per heavy atom. The number of carbonyl (C=O) groups is 1. The number of hydrogen-bond acceptors (Lipinski definition) is 2. The lowest BCUT2D eigenvalue weighted by atomic mass is 9.67. The maximum Gasteiger partial charge on any atom is 0.416 e. The molecule has 3 nitrogen and oxygen atoms in total. The molecule has 1 spiro atoms. The van der Waals surface area contributed by atoms with Crippen LogP contribution in [0.5, 0.6) is 0 Å². The van der Waals surface area contributed by atoms with Gasteiger partial charge in [-0.2, -0.15) is 26.3 Å². The number of hydrogen-bond donors (Lipinski definition) is 1. The lowest BCUT2D eigenvalue weighted by Crippen LogP contribution is -2.51. The Morgan fingerprint density at radius 2 is 1.68 bits per heavy atom. The van der Waals surface area contributed by atoms with Gasteiger partial charge in [-0.3, -0.25) is 9.69 Å². The van der Waals surface area contributed by atoms with Crippen molar-refractivity contribution in [2.45, 2.75) is 76.8 Å². The molecule has 3 aliphatic rings. The van der Waals surface area contributed by atoms with E-state index < -0.39 is 35.4 Å². The van der Waals surface area contributed by atoms with Gasteiger partial charge >= 0.3 is 12.4 Å². The highest BCUT2D eigenvalue weighted by molar-refractivity contribution is 5.83. The van der Waals surface area contributed by atoms with Gasteiger partial charge in [0.1, 0.15) is 0 Å². The van der Waals surface area contributed by atoms with Gasteiger partial charge < -0.3 is 5.32 Å². The molecule has 9 heteroatoms. The molecule has 222 valence electrons. The maximum atomic E-state index is 13.6. The van der Waals surface area contributed by atoms with E-state index in [1.807, 2.05) is 13.8 Å². The summed E-state index contributed by atoms with van der Waals surface area (Å²) in [7, 11) is 0. The summed E-state index contributed by atoms with van der Waals surface area (Å²) in [5.74, 6) is 0.0239. The van der Waals surface area contributed by atoms with Crippen LogP contribution in [0, 0.1) is 17.3 Å². The number of nitrogens with one attached hydrogen (secondary N) is 1. The van der Waals surface area contributed by atoms with E-state index in [2.05, 4.69) is 53.6 Å². The Morgan fingerprint density at radius 1 is 1.02 bits per heavy atom. The predicted molar refractivity (Wildman–Crippen MR) is 146 cm³/mol. The molecule has 2 aliphatic carbocycles. The number of nitrogens with zero attached hydrogens (tertiary/aromatic N) is 1. The van der Waals surface area contributed by atoms with Gasteiger partial charge in [-0.1, -0.05) is 57.2 Å². The van der Waals surface area contributed by atoms with Gasteiger partial charge in [-0.05, 0) is 79.0 Å². The van der Waals surface area contributed by atoms with Crippen LogP contribution in [-0.4, -0.2) is 29.9 Å². The number of alkyl halides is 6. The van der Waals surface area contributed by atoms with Gasteiger partial charge in [0.05, 0.1) is 16.5 Å². The fourth-order valence-corrected chi connectivity index (χ4v) is 7.39. The number of halogens is 6. The van der Waals surface area contributed by atoms with Crippen molar-refractivity contribution in [3.63, 3.8) is 0 Å². The summed E-state index contributed by atoms with van der Waals surface area (Å²) >= 11 is 0. The van der Waals surface area contributed by atoms with Crippen LogP contribution >= 0.6 is 0 Å². The van der Waals surface area contributed by atoms with E-state index in [9.17, 15) is 31.1 Å². The highest BCUT2D eigenvalue weighted by Gasteiger charge is 2.51. The van der Waals surface area contributed by atoms with Crippen molar-refractivity contribution in [3.05, 3.63) is 76.4 Å². The molecule has 2 aromatic rings.